The third-order valence-electron chi connectivity index (χ3n) is 5.49. The summed E-state index contributed by atoms with van der Waals surface area (Å²) in [5.74, 6) is 0.832. The quantitative estimate of drug-likeness (QED) is 0.774. The average molecular weight is 377 g/mol. The Hall–Kier alpha value is -2.12. The first kappa shape index (κ1) is 17.3. The SMILES string of the molecule is O=C(CCC1NC(=O)N(c2ccc(Cl)cc2)C1=O)N1C[C@H]2CNC[C@H]2C1. The smallest absolute Gasteiger partial charge is 0.329 e. The van der Waals surface area contributed by atoms with E-state index in [4.69, 9.17) is 11.6 Å². The van der Waals surface area contributed by atoms with E-state index in [1.54, 1.807) is 24.3 Å². The summed E-state index contributed by atoms with van der Waals surface area (Å²) in [5.41, 5.74) is 0.477. The molecular weight excluding hydrogens is 356 g/mol. The molecule has 8 heteroatoms. The molecule has 3 fully saturated rings. The fraction of sp³-hybridized carbons (Fsp3) is 0.500. The van der Waals surface area contributed by atoms with Gasteiger partial charge in [0.05, 0.1) is 5.69 Å². The van der Waals surface area contributed by atoms with Gasteiger partial charge in [-0.05, 0) is 42.5 Å². The number of imide groups is 1. The van der Waals surface area contributed by atoms with Crippen LogP contribution < -0.4 is 15.5 Å². The van der Waals surface area contributed by atoms with Crippen LogP contribution in [-0.4, -0.2) is 55.0 Å². The van der Waals surface area contributed by atoms with Crippen LogP contribution in [-0.2, 0) is 9.59 Å². The zero-order valence-electron chi connectivity index (χ0n) is 14.3. The van der Waals surface area contributed by atoms with E-state index in [0.29, 0.717) is 29.0 Å². The number of urea groups is 1. The Balaban J connectivity index is 1.34. The molecule has 4 amide bonds. The number of carbonyl (C=O) groups is 3. The summed E-state index contributed by atoms with van der Waals surface area (Å²) in [6.07, 6.45) is 0.579. The summed E-state index contributed by atoms with van der Waals surface area (Å²) in [6, 6.07) is 5.40. The number of hydrogen-bond donors (Lipinski definition) is 2. The van der Waals surface area contributed by atoms with Crippen LogP contribution in [0.5, 0.6) is 0 Å². The predicted molar refractivity (Wildman–Crippen MR) is 96.9 cm³/mol. The van der Waals surface area contributed by atoms with E-state index in [1.165, 1.54) is 0 Å². The Morgan fingerprint density at radius 2 is 1.77 bits per heavy atom. The molecule has 0 aromatic heterocycles. The Labute approximate surface area is 156 Å². The van der Waals surface area contributed by atoms with Crippen LogP contribution >= 0.6 is 11.6 Å². The Bertz CT molecular complexity index is 726. The van der Waals surface area contributed by atoms with Crippen molar-refractivity contribution in [3.8, 4) is 0 Å². The van der Waals surface area contributed by atoms with E-state index < -0.39 is 12.1 Å². The van der Waals surface area contributed by atoms with Gasteiger partial charge in [0.2, 0.25) is 5.91 Å². The fourth-order valence-electron chi connectivity index (χ4n) is 4.05. The molecule has 0 spiro atoms. The average Bonchev–Trinajstić information content (AvgIpc) is 3.28. The second-order valence-electron chi connectivity index (χ2n) is 7.17. The summed E-state index contributed by atoms with van der Waals surface area (Å²) < 4.78 is 0. The third kappa shape index (κ3) is 3.17. The molecule has 4 rings (SSSR count). The number of nitrogens with zero attached hydrogens (tertiary/aromatic N) is 2. The van der Waals surface area contributed by atoms with Gasteiger partial charge in [0.25, 0.3) is 5.91 Å². The molecule has 3 saturated heterocycles. The summed E-state index contributed by atoms with van der Waals surface area (Å²) in [6.45, 7) is 3.53. The van der Waals surface area contributed by atoms with Gasteiger partial charge in [-0.3, -0.25) is 9.59 Å². The largest absolute Gasteiger partial charge is 0.342 e. The number of rotatable bonds is 4. The van der Waals surface area contributed by atoms with Crippen molar-refractivity contribution >= 4 is 35.1 Å². The molecule has 1 aromatic rings. The lowest BCUT2D eigenvalue weighted by atomic mass is 10.0. The van der Waals surface area contributed by atoms with Crippen molar-refractivity contribution in [3.05, 3.63) is 29.3 Å². The highest BCUT2D eigenvalue weighted by atomic mass is 35.5. The lowest BCUT2D eigenvalue weighted by molar-refractivity contribution is -0.130. The van der Waals surface area contributed by atoms with Crippen LogP contribution in [0.4, 0.5) is 10.5 Å². The first-order chi connectivity index (χ1) is 12.5. The minimum absolute atomic E-state index is 0.0615. The lowest BCUT2D eigenvalue weighted by Gasteiger charge is -2.18. The number of amides is 4. The molecule has 0 aliphatic carbocycles. The minimum atomic E-state index is -0.661. The van der Waals surface area contributed by atoms with Crippen LogP contribution in [0.25, 0.3) is 0 Å². The first-order valence-corrected chi connectivity index (χ1v) is 9.29. The fourth-order valence-corrected chi connectivity index (χ4v) is 4.17. The molecule has 3 aliphatic rings. The number of benzene rings is 1. The Morgan fingerprint density at radius 1 is 1.12 bits per heavy atom. The zero-order chi connectivity index (χ0) is 18.3. The lowest BCUT2D eigenvalue weighted by Crippen LogP contribution is -2.35. The number of hydrogen-bond acceptors (Lipinski definition) is 4. The van der Waals surface area contributed by atoms with E-state index in [9.17, 15) is 14.4 Å². The number of anilines is 1. The van der Waals surface area contributed by atoms with Gasteiger partial charge < -0.3 is 15.5 Å². The molecule has 0 saturated carbocycles. The second kappa shape index (κ2) is 6.89. The van der Waals surface area contributed by atoms with Crippen LogP contribution in [0.1, 0.15) is 12.8 Å². The first-order valence-electron chi connectivity index (χ1n) is 8.91. The van der Waals surface area contributed by atoms with Crippen molar-refractivity contribution in [3.63, 3.8) is 0 Å². The molecule has 26 heavy (non-hydrogen) atoms. The van der Waals surface area contributed by atoms with E-state index in [-0.39, 0.29) is 18.2 Å². The highest BCUT2D eigenvalue weighted by Crippen LogP contribution is 2.27. The molecule has 0 radical (unpaired) electrons. The molecule has 1 unspecified atom stereocenters. The summed E-state index contributed by atoms with van der Waals surface area (Å²) >= 11 is 5.85. The monoisotopic (exact) mass is 376 g/mol. The van der Waals surface area contributed by atoms with E-state index >= 15 is 0 Å². The molecular formula is C18H21ClN4O3. The van der Waals surface area contributed by atoms with Crippen molar-refractivity contribution in [1.82, 2.24) is 15.5 Å². The summed E-state index contributed by atoms with van der Waals surface area (Å²) in [7, 11) is 0. The molecule has 7 nitrogen and oxygen atoms in total. The van der Waals surface area contributed by atoms with Crippen LogP contribution in [0.15, 0.2) is 24.3 Å². The summed E-state index contributed by atoms with van der Waals surface area (Å²) in [5, 5.41) is 6.56. The van der Waals surface area contributed by atoms with Gasteiger partial charge in [-0.25, -0.2) is 9.69 Å². The Morgan fingerprint density at radius 3 is 2.42 bits per heavy atom. The van der Waals surface area contributed by atoms with Gasteiger partial charge in [-0.1, -0.05) is 11.6 Å². The molecule has 3 heterocycles. The highest BCUT2D eigenvalue weighted by molar-refractivity contribution is 6.30. The van der Waals surface area contributed by atoms with Gasteiger partial charge in [0, 0.05) is 37.6 Å². The normalized spacial score (nSPS) is 27.8. The van der Waals surface area contributed by atoms with E-state index in [2.05, 4.69) is 10.6 Å². The van der Waals surface area contributed by atoms with Gasteiger partial charge in [0.15, 0.2) is 0 Å². The maximum atomic E-state index is 12.6. The third-order valence-corrected chi connectivity index (χ3v) is 5.75. The van der Waals surface area contributed by atoms with Crippen molar-refractivity contribution in [1.29, 1.82) is 0 Å². The van der Waals surface area contributed by atoms with Crippen LogP contribution in [0, 0.1) is 11.8 Å². The van der Waals surface area contributed by atoms with Gasteiger partial charge >= 0.3 is 6.03 Å². The van der Waals surface area contributed by atoms with Crippen molar-refractivity contribution in [2.24, 2.45) is 11.8 Å². The molecule has 3 atom stereocenters. The summed E-state index contributed by atoms with van der Waals surface area (Å²) in [4.78, 5) is 40.2. The van der Waals surface area contributed by atoms with Crippen molar-refractivity contribution < 1.29 is 14.4 Å². The Kier molecular flexibility index (Phi) is 4.58. The van der Waals surface area contributed by atoms with Crippen LogP contribution in [0.3, 0.4) is 0 Å². The van der Waals surface area contributed by atoms with Gasteiger partial charge in [-0.2, -0.15) is 0 Å². The van der Waals surface area contributed by atoms with Crippen molar-refractivity contribution in [2.45, 2.75) is 18.9 Å². The number of halogens is 1. The molecule has 0 bridgehead atoms. The maximum Gasteiger partial charge on any atom is 0.329 e. The van der Waals surface area contributed by atoms with Gasteiger partial charge in [0.1, 0.15) is 6.04 Å². The number of nitrogens with one attached hydrogen (secondary N) is 2. The van der Waals surface area contributed by atoms with Crippen molar-refractivity contribution in [2.75, 3.05) is 31.1 Å². The van der Waals surface area contributed by atoms with E-state index in [0.717, 1.165) is 31.1 Å². The number of carbonyl (C=O) groups excluding carboxylic acids is 3. The molecule has 3 aliphatic heterocycles. The standard InChI is InChI=1S/C18H21ClN4O3/c19-13-1-3-14(4-2-13)23-17(25)15(21-18(23)26)5-6-16(24)22-9-11-7-20-8-12(11)10-22/h1-4,11-12,15,20H,5-10H2,(H,21,26)/t11-,12+,15?. The maximum absolute atomic E-state index is 12.6. The second-order valence-corrected chi connectivity index (χ2v) is 7.60. The number of likely N-dealkylation sites (tertiary alicyclic amines) is 1. The molecule has 2 N–H and O–H groups in total. The zero-order valence-corrected chi connectivity index (χ0v) is 15.0. The molecule has 1 aromatic carbocycles. The van der Waals surface area contributed by atoms with Gasteiger partial charge in [-0.15, -0.1) is 0 Å². The minimum Gasteiger partial charge on any atom is -0.342 e. The number of fused-ring (bicyclic) bond motifs is 1. The molecule has 138 valence electrons. The predicted octanol–water partition coefficient (Wildman–Crippen LogP) is 1.22. The van der Waals surface area contributed by atoms with E-state index in [1.807, 2.05) is 4.90 Å². The topological polar surface area (TPSA) is 81.8 Å². The van der Waals surface area contributed by atoms with Crippen LogP contribution in [0.2, 0.25) is 5.02 Å². The highest BCUT2D eigenvalue weighted by Gasteiger charge is 2.41.